The van der Waals surface area contributed by atoms with E-state index < -0.39 is 6.10 Å². The third kappa shape index (κ3) is 1.78. The number of rotatable bonds is 1. The van der Waals surface area contributed by atoms with Crippen LogP contribution in [0.1, 0.15) is 30.1 Å². The first-order valence-electron chi connectivity index (χ1n) is 4.35. The fraction of sp³-hybridized carbons (Fsp3) is 0.556. The van der Waals surface area contributed by atoms with Crippen molar-refractivity contribution in [1.82, 2.24) is 4.98 Å². The summed E-state index contributed by atoms with van der Waals surface area (Å²) in [5, 5.41) is 9.67. The van der Waals surface area contributed by atoms with Crippen molar-refractivity contribution in [1.29, 1.82) is 0 Å². The van der Waals surface area contributed by atoms with Crippen molar-refractivity contribution in [2.24, 2.45) is 0 Å². The molecule has 3 nitrogen and oxygen atoms in total. The van der Waals surface area contributed by atoms with Gasteiger partial charge in [-0.3, -0.25) is 9.78 Å². The number of aliphatic hydroxyl groups is 1. The van der Waals surface area contributed by atoms with E-state index in [2.05, 4.69) is 4.98 Å². The van der Waals surface area contributed by atoms with E-state index in [1.807, 2.05) is 0 Å². The number of ketones is 1. The summed E-state index contributed by atoms with van der Waals surface area (Å²) in [6.45, 7) is 0. The Kier molecular flexibility index (Phi) is 2.42. The molecule has 2 rings (SSSR count). The van der Waals surface area contributed by atoms with Gasteiger partial charge in [0.15, 0.2) is 0 Å². The van der Waals surface area contributed by atoms with Crippen molar-refractivity contribution < 1.29 is 9.90 Å². The number of aromatic nitrogens is 1. The molecular formula is C9H11NO2S. The summed E-state index contributed by atoms with van der Waals surface area (Å²) in [5.74, 6) is 0.304. The van der Waals surface area contributed by atoms with Crippen LogP contribution >= 0.6 is 11.3 Å². The first-order chi connectivity index (χ1) is 6.27. The Hall–Kier alpha value is -0.740. The van der Waals surface area contributed by atoms with Gasteiger partial charge in [0.05, 0.1) is 11.6 Å². The molecule has 1 aliphatic rings. The largest absolute Gasteiger partial charge is 0.392 e. The van der Waals surface area contributed by atoms with Gasteiger partial charge in [-0.1, -0.05) is 0 Å². The van der Waals surface area contributed by atoms with Crippen LogP contribution in [0.5, 0.6) is 0 Å². The Morgan fingerprint density at radius 2 is 2.46 bits per heavy atom. The molecule has 0 saturated heterocycles. The molecule has 13 heavy (non-hydrogen) atoms. The number of carbonyl (C=O) groups is 1. The van der Waals surface area contributed by atoms with E-state index in [-0.39, 0.29) is 11.7 Å². The van der Waals surface area contributed by atoms with Crippen molar-refractivity contribution >= 4 is 17.1 Å². The minimum Gasteiger partial charge on any atom is -0.392 e. The molecule has 1 aliphatic carbocycles. The third-order valence-corrected chi connectivity index (χ3v) is 3.36. The van der Waals surface area contributed by atoms with Crippen LogP contribution in [0.3, 0.4) is 0 Å². The lowest BCUT2D eigenvalue weighted by atomic mass is 9.85. The van der Waals surface area contributed by atoms with Gasteiger partial charge >= 0.3 is 0 Å². The van der Waals surface area contributed by atoms with E-state index in [4.69, 9.17) is 0 Å². The van der Waals surface area contributed by atoms with Gasteiger partial charge in [0.25, 0.3) is 0 Å². The van der Waals surface area contributed by atoms with Crippen LogP contribution in [0.2, 0.25) is 0 Å². The molecule has 70 valence electrons. The van der Waals surface area contributed by atoms with Gasteiger partial charge in [0.2, 0.25) is 0 Å². The second-order valence-electron chi connectivity index (χ2n) is 3.36. The number of Topliss-reactive ketones (excluding diaryl/α,β-unsaturated/α-hetero) is 1. The first-order valence-corrected chi connectivity index (χ1v) is 5.23. The smallest absolute Gasteiger partial charge is 0.135 e. The molecule has 0 spiro atoms. The van der Waals surface area contributed by atoms with Gasteiger partial charge in [0, 0.05) is 29.8 Å². The molecule has 0 aliphatic heterocycles. The fourth-order valence-electron chi connectivity index (χ4n) is 1.73. The quantitative estimate of drug-likeness (QED) is 0.739. The highest BCUT2D eigenvalue weighted by Crippen LogP contribution is 2.33. The maximum atomic E-state index is 11.0. The normalized spacial score (nSPS) is 29.2. The Labute approximate surface area is 80.4 Å². The van der Waals surface area contributed by atoms with E-state index in [1.165, 1.54) is 0 Å². The van der Waals surface area contributed by atoms with Crippen molar-refractivity contribution in [3.8, 4) is 0 Å². The number of aliphatic hydroxyl groups excluding tert-OH is 1. The summed E-state index contributed by atoms with van der Waals surface area (Å²) in [5.41, 5.74) is 1.76. The van der Waals surface area contributed by atoms with E-state index in [0.29, 0.717) is 12.8 Å². The second kappa shape index (κ2) is 3.55. The van der Waals surface area contributed by atoms with Crippen molar-refractivity contribution in [3.63, 3.8) is 0 Å². The first kappa shape index (κ1) is 8.84. The molecule has 0 amide bonds. The van der Waals surface area contributed by atoms with Crippen LogP contribution in [0.25, 0.3) is 0 Å². The van der Waals surface area contributed by atoms with E-state index in [9.17, 15) is 9.90 Å². The van der Waals surface area contributed by atoms with Gasteiger partial charge in [0.1, 0.15) is 5.78 Å². The van der Waals surface area contributed by atoms with Gasteiger partial charge < -0.3 is 5.11 Å². The van der Waals surface area contributed by atoms with Crippen LogP contribution in [0.4, 0.5) is 0 Å². The molecule has 0 aromatic carbocycles. The lowest BCUT2D eigenvalue weighted by molar-refractivity contribution is -0.123. The number of thiazole rings is 1. The highest BCUT2D eigenvalue weighted by Gasteiger charge is 2.29. The highest BCUT2D eigenvalue weighted by molar-refractivity contribution is 7.09. The van der Waals surface area contributed by atoms with E-state index in [0.717, 1.165) is 11.3 Å². The summed E-state index contributed by atoms with van der Waals surface area (Å²) >= 11 is 1.55. The maximum Gasteiger partial charge on any atom is 0.135 e. The molecule has 0 bridgehead atoms. The van der Waals surface area contributed by atoms with E-state index >= 15 is 0 Å². The Bertz CT molecular complexity index is 297. The molecule has 2 unspecified atom stereocenters. The SMILES string of the molecule is O=C1CCC(c2cncs2)C(O)C1. The Balaban J connectivity index is 2.12. The molecule has 1 saturated carbocycles. The summed E-state index contributed by atoms with van der Waals surface area (Å²) in [4.78, 5) is 16.1. The zero-order valence-electron chi connectivity index (χ0n) is 7.14. The fourth-order valence-corrected chi connectivity index (χ4v) is 2.54. The monoisotopic (exact) mass is 197 g/mol. The van der Waals surface area contributed by atoms with Crippen LogP contribution in [-0.2, 0) is 4.79 Å². The second-order valence-corrected chi connectivity index (χ2v) is 4.28. The molecule has 1 fully saturated rings. The molecule has 1 heterocycles. The number of carbonyl (C=O) groups excluding carboxylic acids is 1. The molecular weight excluding hydrogens is 186 g/mol. The molecule has 1 aromatic heterocycles. The van der Waals surface area contributed by atoms with Crippen LogP contribution < -0.4 is 0 Å². The zero-order valence-corrected chi connectivity index (χ0v) is 7.96. The third-order valence-electron chi connectivity index (χ3n) is 2.45. The average molecular weight is 197 g/mol. The molecule has 1 N–H and O–H groups in total. The van der Waals surface area contributed by atoms with Gasteiger partial charge in [-0.25, -0.2) is 0 Å². The summed E-state index contributed by atoms with van der Waals surface area (Å²) < 4.78 is 0. The lowest BCUT2D eigenvalue weighted by Gasteiger charge is -2.25. The summed E-state index contributed by atoms with van der Waals surface area (Å²) in [6.07, 6.45) is 2.96. The maximum absolute atomic E-state index is 11.0. The van der Waals surface area contributed by atoms with Gasteiger partial charge in [-0.15, -0.1) is 11.3 Å². The minimum atomic E-state index is -0.498. The topological polar surface area (TPSA) is 50.2 Å². The van der Waals surface area contributed by atoms with Crippen molar-refractivity contribution in [2.45, 2.75) is 31.3 Å². The Morgan fingerprint density at radius 1 is 1.62 bits per heavy atom. The zero-order chi connectivity index (χ0) is 9.26. The van der Waals surface area contributed by atoms with Crippen LogP contribution in [-0.4, -0.2) is 22.0 Å². The minimum absolute atomic E-state index is 0.130. The lowest BCUT2D eigenvalue weighted by Crippen LogP contribution is -2.27. The van der Waals surface area contributed by atoms with Crippen LogP contribution in [0.15, 0.2) is 11.7 Å². The van der Waals surface area contributed by atoms with Crippen molar-refractivity contribution in [3.05, 3.63) is 16.6 Å². The summed E-state index contributed by atoms with van der Waals surface area (Å²) in [6, 6.07) is 0. The number of hydrogen-bond acceptors (Lipinski definition) is 4. The molecule has 1 aromatic rings. The van der Waals surface area contributed by atoms with Crippen LogP contribution in [0, 0.1) is 0 Å². The molecule has 4 heteroatoms. The molecule has 0 radical (unpaired) electrons. The predicted molar refractivity (Wildman–Crippen MR) is 49.7 cm³/mol. The number of nitrogens with zero attached hydrogens (tertiary/aromatic N) is 1. The Morgan fingerprint density at radius 3 is 3.08 bits per heavy atom. The van der Waals surface area contributed by atoms with Crippen molar-refractivity contribution in [2.75, 3.05) is 0 Å². The average Bonchev–Trinajstić information content (AvgIpc) is 2.56. The standard InChI is InChI=1S/C9H11NO2S/c11-6-1-2-7(8(12)3-6)9-4-10-5-13-9/h4-5,7-8,12H,1-3H2. The molecule has 2 atom stereocenters. The summed E-state index contributed by atoms with van der Waals surface area (Å²) in [7, 11) is 0. The van der Waals surface area contributed by atoms with Gasteiger partial charge in [-0.2, -0.15) is 0 Å². The number of hydrogen-bond donors (Lipinski definition) is 1. The predicted octanol–water partition coefficient (Wildman–Crippen LogP) is 1.34. The van der Waals surface area contributed by atoms with Gasteiger partial charge in [-0.05, 0) is 6.42 Å². The van der Waals surface area contributed by atoms with E-state index in [1.54, 1.807) is 23.0 Å². The highest BCUT2D eigenvalue weighted by atomic mass is 32.1.